The van der Waals surface area contributed by atoms with Crippen molar-refractivity contribution in [2.75, 3.05) is 12.4 Å². The Morgan fingerprint density at radius 2 is 1.55 bits per heavy atom. The average Bonchev–Trinajstić information content (AvgIpc) is 3.18. The predicted octanol–water partition coefficient (Wildman–Crippen LogP) is 5.33. The second-order valence-corrected chi connectivity index (χ2v) is 8.46. The third kappa shape index (κ3) is 5.47. The number of hydrogen-bond donors (Lipinski definition) is 1. The number of rotatable bonds is 8. The quantitative estimate of drug-likeness (QED) is 0.367. The maximum Gasteiger partial charge on any atom is 0.191 e. The Morgan fingerprint density at radius 1 is 0.903 bits per heavy atom. The summed E-state index contributed by atoms with van der Waals surface area (Å²) < 4.78 is 7.65. The van der Waals surface area contributed by atoms with Gasteiger partial charge in [0.1, 0.15) is 12.4 Å². The zero-order chi connectivity index (χ0) is 21.6. The van der Waals surface area contributed by atoms with Crippen LogP contribution in [0.15, 0.2) is 84.0 Å². The van der Waals surface area contributed by atoms with E-state index >= 15 is 0 Å². The van der Waals surface area contributed by atoms with E-state index in [2.05, 4.69) is 22.3 Å². The minimum Gasteiger partial charge on any atom is -0.491 e. The maximum absolute atomic E-state index is 10.3. The Kier molecular flexibility index (Phi) is 6.92. The summed E-state index contributed by atoms with van der Waals surface area (Å²) in [6, 6.07) is 25.5. The first-order valence-electron chi connectivity index (χ1n) is 9.84. The molecule has 0 bridgehead atoms. The molecule has 0 saturated carbocycles. The molecule has 1 atom stereocenters. The summed E-state index contributed by atoms with van der Waals surface area (Å²) in [5.74, 6) is 1.94. The molecule has 1 N–H and O–H groups in total. The van der Waals surface area contributed by atoms with Crippen molar-refractivity contribution in [3.63, 3.8) is 0 Å². The van der Waals surface area contributed by atoms with Gasteiger partial charge in [-0.2, -0.15) is 0 Å². The van der Waals surface area contributed by atoms with Crippen molar-refractivity contribution in [3.05, 3.63) is 83.9 Å². The average molecular weight is 452 g/mol. The highest BCUT2D eigenvalue weighted by molar-refractivity contribution is 7.99. The first kappa shape index (κ1) is 21.4. The van der Waals surface area contributed by atoms with Gasteiger partial charge in [0.15, 0.2) is 11.0 Å². The summed E-state index contributed by atoms with van der Waals surface area (Å²) in [5, 5.41) is 20.2. The van der Waals surface area contributed by atoms with Gasteiger partial charge in [-0.1, -0.05) is 65.8 Å². The van der Waals surface area contributed by atoms with Gasteiger partial charge < -0.3 is 14.4 Å². The Morgan fingerprint density at radius 3 is 2.26 bits per heavy atom. The molecule has 1 aromatic heterocycles. The van der Waals surface area contributed by atoms with Crippen molar-refractivity contribution in [2.24, 2.45) is 7.05 Å². The van der Waals surface area contributed by atoms with E-state index in [1.165, 1.54) is 11.8 Å². The van der Waals surface area contributed by atoms with E-state index in [4.69, 9.17) is 16.3 Å². The van der Waals surface area contributed by atoms with E-state index in [0.29, 0.717) is 10.8 Å². The van der Waals surface area contributed by atoms with Gasteiger partial charge in [-0.15, -0.1) is 10.2 Å². The molecular weight excluding hydrogens is 430 g/mol. The van der Waals surface area contributed by atoms with Gasteiger partial charge in [-0.3, -0.25) is 0 Å². The molecule has 4 rings (SSSR count). The van der Waals surface area contributed by atoms with E-state index in [9.17, 15) is 5.11 Å². The molecule has 0 radical (unpaired) electrons. The van der Waals surface area contributed by atoms with Gasteiger partial charge in [0.25, 0.3) is 0 Å². The minimum absolute atomic E-state index is 0.208. The van der Waals surface area contributed by atoms with Crippen molar-refractivity contribution in [3.8, 4) is 28.3 Å². The van der Waals surface area contributed by atoms with Gasteiger partial charge in [-0.25, -0.2) is 0 Å². The number of nitrogens with zero attached hydrogens (tertiary/aromatic N) is 3. The third-order valence-electron chi connectivity index (χ3n) is 4.75. The van der Waals surface area contributed by atoms with Gasteiger partial charge >= 0.3 is 0 Å². The Bertz CT molecular complexity index is 1120. The van der Waals surface area contributed by atoms with Gasteiger partial charge in [-0.05, 0) is 47.5 Å². The van der Waals surface area contributed by atoms with Crippen LogP contribution in [0.3, 0.4) is 0 Å². The Balaban J connectivity index is 1.29. The predicted molar refractivity (Wildman–Crippen MR) is 126 cm³/mol. The molecule has 0 aliphatic rings. The third-order valence-corrected chi connectivity index (χ3v) is 6.16. The molecule has 158 valence electrons. The zero-order valence-electron chi connectivity index (χ0n) is 17.0. The molecule has 1 heterocycles. The van der Waals surface area contributed by atoms with E-state index < -0.39 is 6.10 Å². The van der Waals surface area contributed by atoms with Crippen LogP contribution in [0.1, 0.15) is 0 Å². The number of aliphatic hydroxyl groups excluding tert-OH is 1. The number of halogens is 1. The monoisotopic (exact) mass is 451 g/mol. The molecule has 3 aromatic carbocycles. The Hall–Kier alpha value is -2.80. The smallest absolute Gasteiger partial charge is 0.191 e. The molecular formula is C24H22ClN3O2S. The van der Waals surface area contributed by atoms with Crippen LogP contribution in [0, 0.1) is 0 Å². The van der Waals surface area contributed by atoms with E-state index in [1.54, 1.807) is 0 Å². The molecule has 7 heteroatoms. The fourth-order valence-electron chi connectivity index (χ4n) is 3.08. The molecule has 5 nitrogen and oxygen atoms in total. The lowest BCUT2D eigenvalue weighted by atomic mass is 10.1. The second-order valence-electron chi connectivity index (χ2n) is 7.04. The van der Waals surface area contributed by atoms with Crippen LogP contribution in [0.5, 0.6) is 5.75 Å². The number of ether oxygens (including phenoxy) is 1. The highest BCUT2D eigenvalue weighted by Gasteiger charge is 2.14. The highest BCUT2D eigenvalue weighted by atomic mass is 35.5. The fraction of sp³-hybridized carbons (Fsp3) is 0.167. The first-order valence-corrected chi connectivity index (χ1v) is 11.2. The molecule has 0 fully saturated rings. The first-order chi connectivity index (χ1) is 15.1. The maximum atomic E-state index is 10.3. The number of thioether (sulfide) groups is 1. The van der Waals surface area contributed by atoms with Crippen LogP contribution in [0.25, 0.3) is 22.5 Å². The number of aromatic nitrogens is 3. The SMILES string of the molecule is Cn1c(SCC(O)COc2ccc(-c3ccccc3)cc2)nnc1-c1ccc(Cl)cc1. The van der Waals surface area contributed by atoms with E-state index in [1.807, 2.05) is 78.3 Å². The summed E-state index contributed by atoms with van der Waals surface area (Å²) in [4.78, 5) is 0. The molecule has 0 aliphatic carbocycles. The number of benzene rings is 3. The molecule has 4 aromatic rings. The summed E-state index contributed by atoms with van der Waals surface area (Å²) in [6.45, 7) is 0.208. The fourth-order valence-corrected chi connectivity index (χ4v) is 4.02. The molecule has 0 spiro atoms. The van der Waals surface area contributed by atoms with Crippen LogP contribution in [0.4, 0.5) is 0 Å². The topological polar surface area (TPSA) is 60.2 Å². The summed E-state index contributed by atoms with van der Waals surface area (Å²) in [6.07, 6.45) is -0.630. The van der Waals surface area contributed by atoms with E-state index in [-0.39, 0.29) is 6.61 Å². The van der Waals surface area contributed by atoms with Crippen LogP contribution in [-0.4, -0.2) is 38.3 Å². The van der Waals surface area contributed by atoms with Crippen molar-refractivity contribution >= 4 is 23.4 Å². The molecule has 0 saturated heterocycles. The lowest BCUT2D eigenvalue weighted by molar-refractivity contribution is 0.126. The minimum atomic E-state index is -0.630. The number of aliphatic hydroxyl groups is 1. The summed E-state index contributed by atoms with van der Waals surface area (Å²) in [7, 11) is 1.91. The van der Waals surface area contributed by atoms with Crippen LogP contribution in [0.2, 0.25) is 5.02 Å². The van der Waals surface area contributed by atoms with Crippen molar-refractivity contribution in [1.29, 1.82) is 0 Å². The lowest BCUT2D eigenvalue weighted by Gasteiger charge is -2.12. The highest BCUT2D eigenvalue weighted by Crippen LogP contribution is 2.25. The second kappa shape index (κ2) is 10.0. The van der Waals surface area contributed by atoms with Crippen LogP contribution in [-0.2, 0) is 7.05 Å². The van der Waals surface area contributed by atoms with Crippen molar-refractivity contribution in [2.45, 2.75) is 11.3 Å². The van der Waals surface area contributed by atoms with Gasteiger partial charge in [0.2, 0.25) is 0 Å². The van der Waals surface area contributed by atoms with Crippen LogP contribution < -0.4 is 4.74 Å². The van der Waals surface area contributed by atoms with Gasteiger partial charge in [0.05, 0.1) is 6.10 Å². The largest absolute Gasteiger partial charge is 0.491 e. The lowest BCUT2D eigenvalue weighted by Crippen LogP contribution is -2.20. The van der Waals surface area contributed by atoms with E-state index in [0.717, 1.165) is 33.4 Å². The molecule has 0 amide bonds. The normalized spacial score (nSPS) is 12.0. The molecule has 1 unspecified atom stereocenters. The summed E-state index contributed by atoms with van der Waals surface area (Å²) in [5.41, 5.74) is 3.23. The van der Waals surface area contributed by atoms with Crippen molar-refractivity contribution in [1.82, 2.24) is 14.8 Å². The van der Waals surface area contributed by atoms with Crippen LogP contribution >= 0.6 is 23.4 Å². The Labute approximate surface area is 190 Å². The molecule has 0 aliphatic heterocycles. The molecule has 31 heavy (non-hydrogen) atoms. The van der Waals surface area contributed by atoms with Crippen molar-refractivity contribution < 1.29 is 9.84 Å². The van der Waals surface area contributed by atoms with Gasteiger partial charge in [0, 0.05) is 23.4 Å². The standard InChI is InChI=1S/C24H22ClN3O2S/c1-28-23(19-7-11-20(25)12-8-19)26-27-24(28)31-16-21(29)15-30-22-13-9-18(10-14-22)17-5-3-2-4-6-17/h2-14,21,29H,15-16H2,1H3. The number of hydrogen-bond acceptors (Lipinski definition) is 5. The zero-order valence-corrected chi connectivity index (χ0v) is 18.6. The summed E-state index contributed by atoms with van der Waals surface area (Å²) >= 11 is 7.39.